The molecule has 0 radical (unpaired) electrons. The Balaban J connectivity index is 2.10. The van der Waals surface area contributed by atoms with Gasteiger partial charge in [0, 0.05) is 31.3 Å². The molecule has 1 aromatic heterocycles. The smallest absolute Gasteiger partial charge is 0.253 e. The third-order valence-corrected chi connectivity index (χ3v) is 2.76. The number of rotatable bonds is 4. The second-order valence-electron chi connectivity index (χ2n) is 4.20. The van der Waals surface area contributed by atoms with Crippen LogP contribution in [0.5, 0.6) is 0 Å². The highest BCUT2D eigenvalue weighted by atomic mass is 16.3. The molecule has 1 amide bonds. The van der Waals surface area contributed by atoms with Crippen LogP contribution < -0.4 is 5.73 Å². The van der Waals surface area contributed by atoms with E-state index in [0.717, 1.165) is 11.1 Å². The standard InChI is InChI=1S/C14H16N2O2/c1-16(9-12-5-6-18-10-12)14(17)13-4-2-3-11(7-13)8-15/h2-7,10H,8-9,15H2,1H3. The second-order valence-corrected chi connectivity index (χ2v) is 4.20. The zero-order valence-corrected chi connectivity index (χ0v) is 10.3. The van der Waals surface area contributed by atoms with Gasteiger partial charge in [0.15, 0.2) is 0 Å². The predicted molar refractivity (Wildman–Crippen MR) is 68.8 cm³/mol. The van der Waals surface area contributed by atoms with Crippen molar-refractivity contribution in [1.82, 2.24) is 4.90 Å². The Hall–Kier alpha value is -2.07. The van der Waals surface area contributed by atoms with E-state index in [2.05, 4.69) is 0 Å². The molecule has 0 atom stereocenters. The lowest BCUT2D eigenvalue weighted by Crippen LogP contribution is -2.26. The Bertz CT molecular complexity index is 520. The molecule has 0 saturated heterocycles. The lowest BCUT2D eigenvalue weighted by Gasteiger charge is -2.16. The van der Waals surface area contributed by atoms with Gasteiger partial charge in [0.1, 0.15) is 0 Å². The molecular formula is C14H16N2O2. The number of benzene rings is 1. The van der Waals surface area contributed by atoms with E-state index in [1.165, 1.54) is 0 Å². The monoisotopic (exact) mass is 244 g/mol. The maximum atomic E-state index is 12.2. The minimum atomic E-state index is -0.0218. The molecule has 4 nitrogen and oxygen atoms in total. The number of hydrogen-bond acceptors (Lipinski definition) is 3. The van der Waals surface area contributed by atoms with Crippen molar-refractivity contribution in [3.63, 3.8) is 0 Å². The van der Waals surface area contributed by atoms with Crippen LogP contribution >= 0.6 is 0 Å². The molecule has 0 aliphatic heterocycles. The molecular weight excluding hydrogens is 228 g/mol. The van der Waals surface area contributed by atoms with Crippen molar-refractivity contribution in [3.8, 4) is 0 Å². The second kappa shape index (κ2) is 5.51. The van der Waals surface area contributed by atoms with E-state index in [9.17, 15) is 4.79 Å². The number of furan rings is 1. The lowest BCUT2D eigenvalue weighted by atomic mass is 10.1. The molecule has 2 N–H and O–H groups in total. The number of nitrogens with two attached hydrogens (primary N) is 1. The summed E-state index contributed by atoms with van der Waals surface area (Å²) in [4.78, 5) is 13.8. The third-order valence-electron chi connectivity index (χ3n) is 2.76. The number of hydrogen-bond donors (Lipinski definition) is 1. The molecule has 2 aromatic rings. The zero-order valence-electron chi connectivity index (χ0n) is 10.3. The van der Waals surface area contributed by atoms with Crippen LogP contribution in [0.25, 0.3) is 0 Å². The average Bonchev–Trinajstić information content (AvgIpc) is 2.90. The maximum absolute atomic E-state index is 12.2. The van der Waals surface area contributed by atoms with Crippen LogP contribution in [0.1, 0.15) is 21.5 Å². The van der Waals surface area contributed by atoms with Crippen molar-refractivity contribution in [3.05, 3.63) is 59.5 Å². The Morgan fingerprint density at radius 1 is 1.33 bits per heavy atom. The fraction of sp³-hybridized carbons (Fsp3) is 0.214. The quantitative estimate of drug-likeness (QED) is 0.895. The molecule has 0 bridgehead atoms. The molecule has 18 heavy (non-hydrogen) atoms. The summed E-state index contributed by atoms with van der Waals surface area (Å²) in [7, 11) is 1.77. The molecule has 0 fully saturated rings. The van der Waals surface area contributed by atoms with Crippen molar-refractivity contribution in [1.29, 1.82) is 0 Å². The molecule has 0 aliphatic carbocycles. The number of carbonyl (C=O) groups excluding carboxylic acids is 1. The van der Waals surface area contributed by atoms with Gasteiger partial charge >= 0.3 is 0 Å². The SMILES string of the molecule is CN(Cc1ccoc1)C(=O)c1cccc(CN)c1. The molecule has 94 valence electrons. The van der Waals surface area contributed by atoms with Crippen LogP contribution in [-0.4, -0.2) is 17.9 Å². The van der Waals surface area contributed by atoms with Crippen molar-refractivity contribution >= 4 is 5.91 Å². The first-order valence-electron chi connectivity index (χ1n) is 5.76. The van der Waals surface area contributed by atoms with E-state index in [4.69, 9.17) is 10.2 Å². The molecule has 0 aliphatic rings. The Kier molecular flexibility index (Phi) is 3.79. The fourth-order valence-electron chi connectivity index (χ4n) is 1.78. The summed E-state index contributed by atoms with van der Waals surface area (Å²) in [6.07, 6.45) is 3.24. The van der Waals surface area contributed by atoms with E-state index in [1.54, 1.807) is 30.5 Å². The van der Waals surface area contributed by atoms with Gasteiger partial charge < -0.3 is 15.1 Å². The Morgan fingerprint density at radius 3 is 2.83 bits per heavy atom. The summed E-state index contributed by atoms with van der Waals surface area (Å²) in [6, 6.07) is 9.23. The first-order valence-corrected chi connectivity index (χ1v) is 5.76. The highest BCUT2D eigenvalue weighted by Gasteiger charge is 2.12. The summed E-state index contributed by atoms with van der Waals surface area (Å²) in [6.45, 7) is 0.967. The van der Waals surface area contributed by atoms with E-state index in [0.29, 0.717) is 18.7 Å². The number of amides is 1. The normalized spacial score (nSPS) is 10.3. The van der Waals surface area contributed by atoms with Gasteiger partial charge in [0.25, 0.3) is 5.91 Å². The van der Waals surface area contributed by atoms with Crippen molar-refractivity contribution in [2.24, 2.45) is 5.73 Å². The van der Waals surface area contributed by atoms with Crippen LogP contribution in [0.15, 0.2) is 47.3 Å². The summed E-state index contributed by atoms with van der Waals surface area (Å²) in [5.74, 6) is -0.0218. The first kappa shape index (κ1) is 12.4. The summed E-state index contributed by atoms with van der Waals surface area (Å²) in [5, 5.41) is 0. The minimum absolute atomic E-state index is 0.0218. The molecule has 0 unspecified atom stereocenters. The van der Waals surface area contributed by atoms with Gasteiger partial charge in [0.05, 0.1) is 12.5 Å². The van der Waals surface area contributed by atoms with Crippen molar-refractivity contribution in [2.75, 3.05) is 7.05 Å². The minimum Gasteiger partial charge on any atom is -0.472 e. The van der Waals surface area contributed by atoms with E-state index >= 15 is 0 Å². The maximum Gasteiger partial charge on any atom is 0.253 e. The molecule has 2 rings (SSSR count). The van der Waals surface area contributed by atoms with Crippen molar-refractivity contribution in [2.45, 2.75) is 13.1 Å². The number of nitrogens with zero attached hydrogens (tertiary/aromatic N) is 1. The van der Waals surface area contributed by atoms with Gasteiger partial charge in [-0.05, 0) is 23.8 Å². The van der Waals surface area contributed by atoms with Gasteiger partial charge in [-0.1, -0.05) is 12.1 Å². The molecule has 0 spiro atoms. The summed E-state index contributed by atoms with van der Waals surface area (Å²) in [5.41, 5.74) is 8.15. The van der Waals surface area contributed by atoms with E-state index < -0.39 is 0 Å². The zero-order chi connectivity index (χ0) is 13.0. The Labute approximate surface area is 106 Å². The highest BCUT2D eigenvalue weighted by Crippen LogP contribution is 2.10. The van der Waals surface area contributed by atoms with E-state index in [1.807, 2.05) is 24.3 Å². The fourth-order valence-corrected chi connectivity index (χ4v) is 1.78. The van der Waals surface area contributed by atoms with Gasteiger partial charge in [0.2, 0.25) is 0 Å². The van der Waals surface area contributed by atoms with Gasteiger partial charge in [-0.25, -0.2) is 0 Å². The van der Waals surface area contributed by atoms with Gasteiger partial charge in [-0.2, -0.15) is 0 Å². The van der Waals surface area contributed by atoms with E-state index in [-0.39, 0.29) is 5.91 Å². The summed E-state index contributed by atoms with van der Waals surface area (Å²) < 4.78 is 4.98. The highest BCUT2D eigenvalue weighted by molar-refractivity contribution is 5.94. The van der Waals surface area contributed by atoms with Crippen LogP contribution in [0, 0.1) is 0 Å². The molecule has 4 heteroatoms. The largest absolute Gasteiger partial charge is 0.472 e. The molecule has 1 aromatic carbocycles. The molecule has 1 heterocycles. The predicted octanol–water partition coefficient (Wildman–Crippen LogP) is 2.01. The number of carbonyl (C=O) groups is 1. The van der Waals surface area contributed by atoms with Crippen LogP contribution in [-0.2, 0) is 13.1 Å². The third kappa shape index (κ3) is 2.78. The van der Waals surface area contributed by atoms with Crippen LogP contribution in [0.2, 0.25) is 0 Å². The van der Waals surface area contributed by atoms with Crippen LogP contribution in [0.4, 0.5) is 0 Å². The van der Waals surface area contributed by atoms with Crippen molar-refractivity contribution < 1.29 is 9.21 Å². The average molecular weight is 244 g/mol. The molecule has 0 saturated carbocycles. The summed E-state index contributed by atoms with van der Waals surface area (Å²) >= 11 is 0. The van der Waals surface area contributed by atoms with Gasteiger partial charge in [-0.15, -0.1) is 0 Å². The van der Waals surface area contributed by atoms with Gasteiger partial charge in [-0.3, -0.25) is 4.79 Å². The topological polar surface area (TPSA) is 59.5 Å². The Morgan fingerprint density at radius 2 is 2.17 bits per heavy atom. The first-order chi connectivity index (χ1) is 8.70. The van der Waals surface area contributed by atoms with Crippen LogP contribution in [0.3, 0.4) is 0 Å². The lowest BCUT2D eigenvalue weighted by molar-refractivity contribution is 0.0785.